The second-order valence-electron chi connectivity index (χ2n) is 4.02. The van der Waals surface area contributed by atoms with Crippen LogP contribution in [0.3, 0.4) is 0 Å². The van der Waals surface area contributed by atoms with Crippen LogP contribution >= 0.6 is 0 Å². The average molecular weight is 299 g/mol. The number of benzene rings is 2. The van der Waals surface area contributed by atoms with Crippen molar-refractivity contribution in [2.24, 2.45) is 0 Å². The molecule has 0 aliphatic carbocycles. The van der Waals surface area contributed by atoms with Gasteiger partial charge in [-0.15, -0.1) is 0 Å². The Bertz CT molecular complexity index is 655. The lowest BCUT2D eigenvalue weighted by atomic mass is 10.2. The van der Waals surface area contributed by atoms with Crippen LogP contribution in [-0.2, 0) is 6.18 Å². The van der Waals surface area contributed by atoms with Gasteiger partial charge in [0, 0.05) is 5.69 Å². The highest BCUT2D eigenvalue weighted by Gasteiger charge is 2.30. The summed E-state index contributed by atoms with van der Waals surface area (Å²) in [6.07, 6.45) is -5.60. The zero-order valence-corrected chi connectivity index (χ0v) is 10.4. The fraction of sp³-hybridized carbons (Fsp3) is 0.0714. The van der Waals surface area contributed by atoms with Crippen molar-refractivity contribution in [3.8, 4) is 5.75 Å². The summed E-state index contributed by atoms with van der Waals surface area (Å²) in [6, 6.07) is 9.20. The minimum atomic E-state index is -4.52. The summed E-state index contributed by atoms with van der Waals surface area (Å²) >= 11 is 0. The molecule has 0 aliphatic heterocycles. The molecule has 21 heavy (non-hydrogen) atoms. The van der Waals surface area contributed by atoms with Crippen molar-refractivity contribution < 1.29 is 27.1 Å². The summed E-state index contributed by atoms with van der Waals surface area (Å²) in [6.45, 7) is 0. The Morgan fingerprint density at radius 1 is 1.05 bits per heavy atom. The van der Waals surface area contributed by atoms with Crippen LogP contribution in [0.15, 0.2) is 48.5 Å². The van der Waals surface area contributed by atoms with Crippen LogP contribution in [0.5, 0.6) is 5.75 Å². The number of rotatable bonds is 2. The van der Waals surface area contributed by atoms with Gasteiger partial charge in [-0.05, 0) is 30.3 Å². The third kappa shape index (κ3) is 3.95. The molecule has 0 spiro atoms. The highest BCUT2D eigenvalue weighted by atomic mass is 19.4. The number of carbonyl (C=O) groups excluding carboxylic acids is 1. The SMILES string of the molecule is O=C(Nc1cccc(C(F)(F)F)c1)Oc1ccccc1F. The Hall–Kier alpha value is -2.57. The van der Waals surface area contributed by atoms with Crippen LogP contribution in [0.2, 0.25) is 0 Å². The number of para-hydroxylation sites is 1. The first-order chi connectivity index (χ1) is 9.86. The Morgan fingerprint density at radius 2 is 1.76 bits per heavy atom. The van der Waals surface area contributed by atoms with Gasteiger partial charge in [-0.2, -0.15) is 13.2 Å². The number of nitrogens with one attached hydrogen (secondary N) is 1. The Balaban J connectivity index is 2.08. The molecule has 0 saturated carbocycles. The second-order valence-corrected chi connectivity index (χ2v) is 4.02. The Morgan fingerprint density at radius 3 is 2.43 bits per heavy atom. The van der Waals surface area contributed by atoms with Gasteiger partial charge in [0.25, 0.3) is 0 Å². The van der Waals surface area contributed by atoms with Crippen LogP contribution in [-0.4, -0.2) is 6.09 Å². The molecule has 0 bridgehead atoms. The first-order valence-corrected chi connectivity index (χ1v) is 5.77. The summed E-state index contributed by atoms with van der Waals surface area (Å²) in [5, 5.41) is 2.10. The highest BCUT2D eigenvalue weighted by Crippen LogP contribution is 2.30. The predicted octanol–water partition coefficient (Wildman–Crippen LogP) is 4.46. The van der Waals surface area contributed by atoms with E-state index in [0.29, 0.717) is 0 Å². The molecule has 7 heteroatoms. The summed E-state index contributed by atoms with van der Waals surface area (Å²) in [5.74, 6) is -1.07. The van der Waals surface area contributed by atoms with E-state index in [9.17, 15) is 22.4 Å². The lowest BCUT2D eigenvalue weighted by molar-refractivity contribution is -0.137. The largest absolute Gasteiger partial charge is 0.417 e. The van der Waals surface area contributed by atoms with Crippen molar-refractivity contribution in [2.45, 2.75) is 6.18 Å². The standard InChI is InChI=1S/C14H9F4NO2/c15-11-6-1-2-7-12(11)21-13(20)19-10-5-3-4-9(8-10)14(16,17)18/h1-8H,(H,19,20). The van der Waals surface area contributed by atoms with Gasteiger partial charge in [0.2, 0.25) is 0 Å². The van der Waals surface area contributed by atoms with Crippen molar-refractivity contribution in [1.29, 1.82) is 0 Å². The minimum Gasteiger partial charge on any atom is -0.407 e. The van der Waals surface area contributed by atoms with Crippen LogP contribution in [0.1, 0.15) is 5.56 Å². The monoisotopic (exact) mass is 299 g/mol. The smallest absolute Gasteiger partial charge is 0.407 e. The fourth-order valence-corrected chi connectivity index (χ4v) is 1.54. The highest BCUT2D eigenvalue weighted by molar-refractivity contribution is 5.86. The number of amides is 1. The molecule has 2 aromatic rings. The normalized spacial score (nSPS) is 11.0. The molecule has 0 saturated heterocycles. The molecule has 0 radical (unpaired) electrons. The molecular formula is C14H9F4NO2. The second kappa shape index (κ2) is 5.82. The van der Waals surface area contributed by atoms with E-state index in [1.54, 1.807) is 0 Å². The molecule has 0 unspecified atom stereocenters. The number of halogens is 4. The molecule has 0 atom stereocenters. The third-order valence-electron chi connectivity index (χ3n) is 2.48. The van der Waals surface area contributed by atoms with Crippen molar-refractivity contribution in [3.63, 3.8) is 0 Å². The molecule has 2 aromatic carbocycles. The summed E-state index contributed by atoms with van der Waals surface area (Å²) in [4.78, 5) is 11.5. The third-order valence-corrected chi connectivity index (χ3v) is 2.48. The predicted molar refractivity (Wildman–Crippen MR) is 67.5 cm³/mol. The van der Waals surface area contributed by atoms with Gasteiger partial charge in [-0.25, -0.2) is 9.18 Å². The van der Waals surface area contributed by atoms with Crippen LogP contribution in [0.4, 0.5) is 28.0 Å². The van der Waals surface area contributed by atoms with E-state index in [1.807, 2.05) is 0 Å². The molecule has 0 fully saturated rings. The number of alkyl halides is 3. The molecule has 2 rings (SSSR count). The van der Waals surface area contributed by atoms with E-state index in [0.717, 1.165) is 24.3 Å². The van der Waals surface area contributed by atoms with Gasteiger partial charge in [0.15, 0.2) is 11.6 Å². The lowest BCUT2D eigenvalue weighted by Crippen LogP contribution is -2.17. The summed E-state index contributed by atoms with van der Waals surface area (Å²) in [7, 11) is 0. The zero-order chi connectivity index (χ0) is 15.5. The van der Waals surface area contributed by atoms with Gasteiger partial charge in [-0.3, -0.25) is 5.32 Å². The average Bonchev–Trinajstić information content (AvgIpc) is 2.41. The molecule has 3 nitrogen and oxygen atoms in total. The van der Waals surface area contributed by atoms with Crippen LogP contribution in [0, 0.1) is 5.82 Å². The van der Waals surface area contributed by atoms with E-state index in [-0.39, 0.29) is 11.4 Å². The molecule has 110 valence electrons. The van der Waals surface area contributed by atoms with Crippen molar-refractivity contribution >= 4 is 11.8 Å². The van der Waals surface area contributed by atoms with Crippen LogP contribution in [0.25, 0.3) is 0 Å². The number of carbonyl (C=O) groups is 1. The molecule has 0 heterocycles. The van der Waals surface area contributed by atoms with E-state index in [1.165, 1.54) is 24.3 Å². The zero-order valence-electron chi connectivity index (χ0n) is 10.4. The summed E-state index contributed by atoms with van der Waals surface area (Å²) < 4.78 is 55.5. The number of hydrogen-bond acceptors (Lipinski definition) is 2. The van der Waals surface area contributed by atoms with Crippen LogP contribution < -0.4 is 10.1 Å². The van der Waals surface area contributed by atoms with Gasteiger partial charge in [0.05, 0.1) is 5.56 Å². The maximum absolute atomic E-state index is 13.3. The first kappa shape index (κ1) is 14.8. The van der Waals surface area contributed by atoms with Gasteiger partial charge >= 0.3 is 12.3 Å². The van der Waals surface area contributed by atoms with Gasteiger partial charge in [-0.1, -0.05) is 18.2 Å². The maximum Gasteiger partial charge on any atom is 0.417 e. The number of ether oxygens (including phenoxy) is 1. The molecule has 0 aliphatic rings. The number of anilines is 1. The fourth-order valence-electron chi connectivity index (χ4n) is 1.54. The Kier molecular flexibility index (Phi) is 4.11. The molecule has 1 amide bonds. The number of hydrogen-bond donors (Lipinski definition) is 1. The summed E-state index contributed by atoms with van der Waals surface area (Å²) in [5.41, 5.74) is -1.02. The molecule has 0 aromatic heterocycles. The van der Waals surface area contributed by atoms with Gasteiger partial charge < -0.3 is 4.74 Å². The topological polar surface area (TPSA) is 38.3 Å². The minimum absolute atomic E-state index is 0.105. The van der Waals surface area contributed by atoms with Crippen molar-refractivity contribution in [2.75, 3.05) is 5.32 Å². The van der Waals surface area contributed by atoms with Gasteiger partial charge in [0.1, 0.15) is 0 Å². The molecular weight excluding hydrogens is 290 g/mol. The first-order valence-electron chi connectivity index (χ1n) is 5.77. The van der Waals surface area contributed by atoms with E-state index in [2.05, 4.69) is 10.1 Å². The lowest BCUT2D eigenvalue weighted by Gasteiger charge is -2.10. The molecule has 1 N–H and O–H groups in total. The Labute approximate surface area is 117 Å². The van der Waals surface area contributed by atoms with E-state index in [4.69, 9.17) is 0 Å². The van der Waals surface area contributed by atoms with Crippen molar-refractivity contribution in [3.05, 3.63) is 59.9 Å². The van der Waals surface area contributed by atoms with E-state index >= 15 is 0 Å². The van der Waals surface area contributed by atoms with E-state index < -0.39 is 23.7 Å². The maximum atomic E-state index is 13.3. The quantitative estimate of drug-likeness (QED) is 0.832. The van der Waals surface area contributed by atoms with Crippen molar-refractivity contribution in [1.82, 2.24) is 0 Å².